The van der Waals surface area contributed by atoms with Crippen LogP contribution in [0.2, 0.25) is 0 Å². The number of carboxylic acids is 1. The van der Waals surface area contributed by atoms with Crippen molar-refractivity contribution in [1.29, 1.82) is 0 Å². The van der Waals surface area contributed by atoms with Crippen LogP contribution in [0.5, 0.6) is 0 Å². The molecule has 0 bridgehead atoms. The highest BCUT2D eigenvalue weighted by molar-refractivity contribution is 5.75. The second kappa shape index (κ2) is 4.77. The molecule has 0 amide bonds. The molecule has 0 unspecified atom stereocenters. The van der Waals surface area contributed by atoms with Gasteiger partial charge in [-0.15, -0.1) is 0 Å². The number of aliphatic carboxylic acids is 1. The molecule has 1 rings (SSSR count). The first-order valence-corrected chi connectivity index (χ1v) is 4.45. The number of methoxy groups -OCH3 is 1. The first-order valence-electron chi connectivity index (χ1n) is 4.45. The van der Waals surface area contributed by atoms with E-state index < -0.39 is 11.9 Å². The minimum Gasteiger partial charge on any atom is -0.481 e. The molecule has 1 aromatic carbocycles. The highest BCUT2D eigenvalue weighted by Gasteiger charge is 2.12. The highest BCUT2D eigenvalue weighted by atomic mass is 16.5. The smallest absolute Gasteiger partial charge is 0.310 e. The molecule has 1 aromatic rings. The zero-order valence-electron chi connectivity index (χ0n) is 8.36. The lowest BCUT2D eigenvalue weighted by atomic mass is 10.0. The third-order valence-electron chi connectivity index (χ3n) is 2.16. The Balaban J connectivity index is 2.77. The second-order valence-corrected chi connectivity index (χ2v) is 3.23. The topological polar surface area (TPSA) is 46.5 Å². The molecule has 0 heterocycles. The van der Waals surface area contributed by atoms with Gasteiger partial charge in [0.05, 0.1) is 12.5 Å². The fourth-order valence-corrected chi connectivity index (χ4v) is 1.21. The van der Waals surface area contributed by atoms with E-state index in [1.54, 1.807) is 14.0 Å². The zero-order chi connectivity index (χ0) is 10.6. The largest absolute Gasteiger partial charge is 0.481 e. The van der Waals surface area contributed by atoms with Gasteiger partial charge in [0.15, 0.2) is 0 Å². The quantitative estimate of drug-likeness (QED) is 0.797. The lowest BCUT2D eigenvalue weighted by molar-refractivity contribution is -0.138. The molecule has 0 fully saturated rings. The van der Waals surface area contributed by atoms with Crippen molar-refractivity contribution in [3.05, 3.63) is 35.4 Å². The van der Waals surface area contributed by atoms with Crippen LogP contribution in [-0.4, -0.2) is 18.2 Å². The summed E-state index contributed by atoms with van der Waals surface area (Å²) in [4.78, 5) is 10.7. The standard InChI is InChI=1S/C11H14O3/c1-8(11(12)13)10-5-3-9(4-6-10)7-14-2/h3-6,8H,7H2,1-2H3,(H,12,13)/t8-/m1/s1. The molecular weight excluding hydrogens is 180 g/mol. The van der Waals surface area contributed by atoms with E-state index in [4.69, 9.17) is 9.84 Å². The van der Waals surface area contributed by atoms with E-state index in [9.17, 15) is 4.79 Å². The number of carboxylic acid groups (broad SMARTS) is 1. The van der Waals surface area contributed by atoms with Crippen molar-refractivity contribution >= 4 is 5.97 Å². The summed E-state index contributed by atoms with van der Waals surface area (Å²) in [7, 11) is 1.63. The van der Waals surface area contributed by atoms with Crippen LogP contribution < -0.4 is 0 Å². The van der Waals surface area contributed by atoms with Crippen LogP contribution >= 0.6 is 0 Å². The number of carbonyl (C=O) groups is 1. The van der Waals surface area contributed by atoms with E-state index in [1.165, 1.54) is 0 Å². The number of rotatable bonds is 4. The monoisotopic (exact) mass is 194 g/mol. The van der Waals surface area contributed by atoms with Crippen molar-refractivity contribution in [3.63, 3.8) is 0 Å². The Hall–Kier alpha value is -1.35. The van der Waals surface area contributed by atoms with Gasteiger partial charge < -0.3 is 9.84 Å². The Kier molecular flexibility index (Phi) is 3.65. The Morgan fingerprint density at radius 3 is 2.43 bits per heavy atom. The van der Waals surface area contributed by atoms with Crippen molar-refractivity contribution in [2.75, 3.05) is 7.11 Å². The highest BCUT2D eigenvalue weighted by Crippen LogP contribution is 2.16. The van der Waals surface area contributed by atoms with E-state index in [0.29, 0.717) is 6.61 Å². The van der Waals surface area contributed by atoms with E-state index in [2.05, 4.69) is 0 Å². The average molecular weight is 194 g/mol. The van der Waals surface area contributed by atoms with E-state index in [1.807, 2.05) is 24.3 Å². The third-order valence-corrected chi connectivity index (χ3v) is 2.16. The summed E-state index contributed by atoms with van der Waals surface area (Å²) >= 11 is 0. The maximum Gasteiger partial charge on any atom is 0.310 e. The summed E-state index contributed by atoms with van der Waals surface area (Å²) in [6.07, 6.45) is 0. The van der Waals surface area contributed by atoms with Crippen LogP contribution in [0.15, 0.2) is 24.3 Å². The molecule has 1 atom stereocenters. The molecule has 0 aliphatic heterocycles. The summed E-state index contributed by atoms with van der Waals surface area (Å²) in [5.74, 6) is -1.25. The molecule has 0 aromatic heterocycles. The summed E-state index contributed by atoms with van der Waals surface area (Å²) in [5.41, 5.74) is 1.87. The molecule has 0 radical (unpaired) electrons. The van der Waals surface area contributed by atoms with Gasteiger partial charge in [-0.05, 0) is 18.1 Å². The fraction of sp³-hybridized carbons (Fsp3) is 0.364. The summed E-state index contributed by atoms with van der Waals surface area (Å²) in [5, 5.41) is 8.78. The molecule has 0 saturated heterocycles. The summed E-state index contributed by atoms with van der Waals surface area (Å²) < 4.78 is 4.96. The fourth-order valence-electron chi connectivity index (χ4n) is 1.21. The van der Waals surface area contributed by atoms with Crippen molar-refractivity contribution in [2.24, 2.45) is 0 Å². The molecule has 14 heavy (non-hydrogen) atoms. The minimum atomic E-state index is -0.801. The lowest BCUT2D eigenvalue weighted by Crippen LogP contribution is -2.07. The summed E-state index contributed by atoms with van der Waals surface area (Å²) in [6.45, 7) is 2.23. The van der Waals surface area contributed by atoms with Crippen LogP contribution in [0.1, 0.15) is 24.0 Å². The molecular formula is C11H14O3. The number of hydrogen-bond acceptors (Lipinski definition) is 2. The van der Waals surface area contributed by atoms with E-state index in [0.717, 1.165) is 11.1 Å². The molecule has 76 valence electrons. The Morgan fingerprint density at radius 1 is 1.43 bits per heavy atom. The Labute approximate surface area is 83.3 Å². The van der Waals surface area contributed by atoms with Crippen molar-refractivity contribution in [3.8, 4) is 0 Å². The zero-order valence-corrected chi connectivity index (χ0v) is 8.36. The van der Waals surface area contributed by atoms with Gasteiger partial charge in [-0.1, -0.05) is 24.3 Å². The predicted octanol–water partition coefficient (Wildman–Crippen LogP) is 2.02. The maximum absolute atomic E-state index is 10.7. The minimum absolute atomic E-state index is 0.452. The van der Waals surface area contributed by atoms with Crippen molar-refractivity contribution in [2.45, 2.75) is 19.4 Å². The van der Waals surface area contributed by atoms with E-state index in [-0.39, 0.29) is 0 Å². The van der Waals surface area contributed by atoms with Gasteiger partial charge in [-0.2, -0.15) is 0 Å². The number of ether oxygens (including phenoxy) is 1. The van der Waals surface area contributed by atoms with Gasteiger partial charge >= 0.3 is 5.97 Å². The molecule has 0 spiro atoms. The Morgan fingerprint density at radius 2 is 2.00 bits per heavy atom. The van der Waals surface area contributed by atoms with Gasteiger partial charge in [-0.3, -0.25) is 4.79 Å². The third kappa shape index (κ3) is 2.57. The van der Waals surface area contributed by atoms with Crippen LogP contribution in [0.3, 0.4) is 0 Å². The van der Waals surface area contributed by atoms with Gasteiger partial charge in [-0.25, -0.2) is 0 Å². The SMILES string of the molecule is COCc1ccc([C@@H](C)C(=O)O)cc1. The molecule has 3 nitrogen and oxygen atoms in total. The molecule has 0 aliphatic carbocycles. The first-order chi connectivity index (χ1) is 6.65. The van der Waals surface area contributed by atoms with Crippen molar-refractivity contribution < 1.29 is 14.6 Å². The Bertz CT molecular complexity index is 303. The first kappa shape index (κ1) is 10.7. The van der Waals surface area contributed by atoms with Crippen LogP contribution in [0.25, 0.3) is 0 Å². The van der Waals surface area contributed by atoms with Gasteiger partial charge in [0, 0.05) is 7.11 Å². The van der Waals surface area contributed by atoms with Gasteiger partial charge in [0.2, 0.25) is 0 Å². The van der Waals surface area contributed by atoms with Crippen LogP contribution in [0, 0.1) is 0 Å². The second-order valence-electron chi connectivity index (χ2n) is 3.23. The van der Waals surface area contributed by atoms with Gasteiger partial charge in [0.1, 0.15) is 0 Å². The van der Waals surface area contributed by atoms with E-state index >= 15 is 0 Å². The lowest BCUT2D eigenvalue weighted by Gasteiger charge is -2.07. The van der Waals surface area contributed by atoms with Gasteiger partial charge in [0.25, 0.3) is 0 Å². The maximum atomic E-state index is 10.7. The number of hydrogen-bond donors (Lipinski definition) is 1. The predicted molar refractivity (Wildman–Crippen MR) is 53.2 cm³/mol. The molecule has 1 N–H and O–H groups in total. The van der Waals surface area contributed by atoms with Crippen LogP contribution in [-0.2, 0) is 16.1 Å². The molecule has 3 heteroatoms. The molecule has 0 aliphatic rings. The normalized spacial score (nSPS) is 12.4. The molecule has 0 saturated carbocycles. The van der Waals surface area contributed by atoms with Crippen LogP contribution in [0.4, 0.5) is 0 Å². The summed E-state index contributed by atoms with van der Waals surface area (Å²) in [6, 6.07) is 7.43. The average Bonchev–Trinajstić information content (AvgIpc) is 2.18. The number of benzene rings is 1. The van der Waals surface area contributed by atoms with Crippen molar-refractivity contribution in [1.82, 2.24) is 0 Å².